The number of hydrogen-bond acceptors (Lipinski definition) is 6. The summed E-state index contributed by atoms with van der Waals surface area (Å²) in [6.45, 7) is 2.78. The van der Waals surface area contributed by atoms with Gasteiger partial charge in [0, 0.05) is 23.3 Å². The highest BCUT2D eigenvalue weighted by atomic mass is 35.5. The Morgan fingerprint density at radius 3 is 2.69 bits per heavy atom. The zero-order valence-electron chi connectivity index (χ0n) is 19.6. The molecule has 2 atom stereocenters. The molecule has 11 heteroatoms. The lowest BCUT2D eigenvalue weighted by Gasteiger charge is -2.44. The lowest BCUT2D eigenvalue weighted by molar-refractivity contribution is -0.139. The van der Waals surface area contributed by atoms with Crippen LogP contribution in [0.25, 0.3) is 5.69 Å². The first-order chi connectivity index (χ1) is 17.2. The van der Waals surface area contributed by atoms with Crippen molar-refractivity contribution in [3.05, 3.63) is 70.8 Å². The molecule has 2 unspecified atom stereocenters. The van der Waals surface area contributed by atoms with E-state index in [1.165, 1.54) is 12.1 Å². The van der Waals surface area contributed by atoms with Gasteiger partial charge in [-0.1, -0.05) is 16.8 Å². The Kier molecular flexibility index (Phi) is 6.46. The Labute approximate surface area is 211 Å². The van der Waals surface area contributed by atoms with Gasteiger partial charge in [0.2, 0.25) is 0 Å². The maximum atomic E-state index is 13.6. The monoisotopic (exact) mass is 520 g/mol. The summed E-state index contributed by atoms with van der Waals surface area (Å²) in [6.07, 6.45) is -0.202. The lowest BCUT2D eigenvalue weighted by atomic mass is 9.97. The number of halogens is 4. The first-order valence-corrected chi connectivity index (χ1v) is 11.8. The van der Waals surface area contributed by atoms with Gasteiger partial charge in [0.15, 0.2) is 5.84 Å². The first-order valence-electron chi connectivity index (χ1n) is 11.4. The number of piperidine rings is 1. The Balaban J connectivity index is 1.42. The minimum Gasteiger partial charge on any atom is -0.495 e. The first kappa shape index (κ1) is 24.3. The van der Waals surface area contributed by atoms with Crippen LogP contribution in [-0.2, 0) is 11.0 Å². The molecule has 0 radical (unpaired) electrons. The van der Waals surface area contributed by atoms with Crippen LogP contribution in [0.2, 0.25) is 5.02 Å². The molecule has 190 valence electrons. The van der Waals surface area contributed by atoms with Gasteiger partial charge in [-0.3, -0.25) is 0 Å². The standard InChI is InChI=1S/C25H24ClF3N4O3/c1-15-12-32(14-30-15)19-7-5-16(10-23(19)34-2)24-31-35-13-20-22(4-3-9-33(20)24)36-21-8-6-17(26)11-18(21)25(27,28)29/h5-8,10-12,14,20,22H,3-4,9,13H2,1-2H3. The molecule has 0 N–H and O–H groups in total. The maximum absolute atomic E-state index is 13.6. The number of hydrogen-bond donors (Lipinski definition) is 0. The number of fused-ring (bicyclic) bond motifs is 1. The van der Waals surface area contributed by atoms with E-state index in [1.807, 2.05) is 40.8 Å². The largest absolute Gasteiger partial charge is 0.495 e. The van der Waals surface area contributed by atoms with Gasteiger partial charge in [0.05, 0.1) is 30.4 Å². The molecule has 0 saturated carbocycles. The van der Waals surface area contributed by atoms with Crippen LogP contribution < -0.4 is 9.47 Å². The molecular weight excluding hydrogens is 497 g/mol. The molecule has 5 rings (SSSR count). The van der Waals surface area contributed by atoms with E-state index in [4.69, 9.17) is 25.9 Å². The predicted molar refractivity (Wildman–Crippen MR) is 128 cm³/mol. The highest BCUT2D eigenvalue weighted by molar-refractivity contribution is 6.30. The van der Waals surface area contributed by atoms with Crippen LogP contribution >= 0.6 is 11.6 Å². The summed E-state index contributed by atoms with van der Waals surface area (Å²) < 4.78 is 54.3. The van der Waals surface area contributed by atoms with E-state index in [0.717, 1.165) is 29.4 Å². The molecule has 0 amide bonds. The van der Waals surface area contributed by atoms with Crippen molar-refractivity contribution in [2.75, 3.05) is 20.3 Å². The molecule has 0 spiro atoms. The molecule has 0 bridgehead atoms. The number of oxime groups is 1. The minimum atomic E-state index is -4.59. The van der Waals surface area contributed by atoms with Crippen LogP contribution in [0.4, 0.5) is 13.2 Å². The van der Waals surface area contributed by atoms with Crippen molar-refractivity contribution in [3.63, 3.8) is 0 Å². The van der Waals surface area contributed by atoms with Crippen molar-refractivity contribution >= 4 is 17.4 Å². The van der Waals surface area contributed by atoms with Crippen LogP contribution in [0.5, 0.6) is 11.5 Å². The second-order valence-corrected chi connectivity index (χ2v) is 9.15. The van der Waals surface area contributed by atoms with E-state index in [1.54, 1.807) is 13.4 Å². The zero-order valence-corrected chi connectivity index (χ0v) is 20.4. The molecule has 36 heavy (non-hydrogen) atoms. The van der Waals surface area contributed by atoms with E-state index < -0.39 is 17.8 Å². The average molecular weight is 521 g/mol. The number of alkyl halides is 3. The number of imidazole rings is 1. The van der Waals surface area contributed by atoms with E-state index in [0.29, 0.717) is 24.6 Å². The normalized spacial score (nSPS) is 19.8. The molecule has 2 aromatic carbocycles. The smallest absolute Gasteiger partial charge is 0.420 e. The summed E-state index contributed by atoms with van der Waals surface area (Å²) in [5.74, 6) is 0.957. The molecular formula is C25H24ClF3N4O3. The summed E-state index contributed by atoms with van der Waals surface area (Å²) in [5.41, 5.74) is 1.56. The van der Waals surface area contributed by atoms with Gasteiger partial charge in [0.1, 0.15) is 30.3 Å². The van der Waals surface area contributed by atoms with Crippen molar-refractivity contribution in [2.45, 2.75) is 38.1 Å². The van der Waals surface area contributed by atoms with Gasteiger partial charge in [-0.15, -0.1) is 0 Å². The van der Waals surface area contributed by atoms with Gasteiger partial charge < -0.3 is 23.8 Å². The fourth-order valence-corrected chi connectivity index (χ4v) is 4.81. The SMILES string of the molecule is COc1cc(C2=NOCC3C(Oc4ccc(Cl)cc4C(F)(F)F)CCCN23)ccc1-n1cnc(C)c1. The van der Waals surface area contributed by atoms with Crippen LogP contribution in [0.3, 0.4) is 0 Å². The van der Waals surface area contributed by atoms with Gasteiger partial charge in [-0.05, 0) is 56.2 Å². The number of rotatable bonds is 5. The number of benzene rings is 2. The van der Waals surface area contributed by atoms with Gasteiger partial charge >= 0.3 is 6.18 Å². The van der Waals surface area contributed by atoms with Gasteiger partial charge in [-0.25, -0.2) is 4.98 Å². The van der Waals surface area contributed by atoms with Crippen molar-refractivity contribution in [3.8, 4) is 17.2 Å². The lowest BCUT2D eigenvalue weighted by Crippen LogP contribution is -2.57. The summed E-state index contributed by atoms with van der Waals surface area (Å²) in [6, 6.07) is 8.91. The summed E-state index contributed by atoms with van der Waals surface area (Å²) in [5, 5.41) is 4.29. The second-order valence-electron chi connectivity index (χ2n) is 8.72. The minimum absolute atomic E-state index is 0.00128. The average Bonchev–Trinajstić information content (AvgIpc) is 3.30. The zero-order chi connectivity index (χ0) is 25.4. The van der Waals surface area contributed by atoms with Crippen LogP contribution in [0.15, 0.2) is 54.1 Å². The van der Waals surface area contributed by atoms with E-state index in [2.05, 4.69) is 10.1 Å². The van der Waals surface area contributed by atoms with E-state index in [-0.39, 0.29) is 23.4 Å². The third-order valence-electron chi connectivity index (χ3n) is 6.34. The number of aryl methyl sites for hydroxylation is 1. The fourth-order valence-electron chi connectivity index (χ4n) is 4.64. The third kappa shape index (κ3) is 4.69. The van der Waals surface area contributed by atoms with Crippen molar-refractivity contribution < 1.29 is 27.5 Å². The molecule has 1 saturated heterocycles. The van der Waals surface area contributed by atoms with Gasteiger partial charge in [0.25, 0.3) is 0 Å². The number of nitrogens with zero attached hydrogens (tertiary/aromatic N) is 4. The number of amidine groups is 1. The van der Waals surface area contributed by atoms with Crippen LogP contribution in [-0.4, -0.2) is 52.7 Å². The highest BCUT2D eigenvalue weighted by Crippen LogP contribution is 2.39. The molecule has 1 aromatic heterocycles. The van der Waals surface area contributed by atoms with Crippen LogP contribution in [0, 0.1) is 6.92 Å². The number of methoxy groups -OCH3 is 1. The summed E-state index contributed by atoms with van der Waals surface area (Å²) in [7, 11) is 1.59. The number of aromatic nitrogens is 2. The Morgan fingerprint density at radius 2 is 1.97 bits per heavy atom. The van der Waals surface area contributed by atoms with Crippen LogP contribution in [0.1, 0.15) is 29.7 Å². The topological polar surface area (TPSA) is 61.1 Å². The van der Waals surface area contributed by atoms with E-state index >= 15 is 0 Å². The summed E-state index contributed by atoms with van der Waals surface area (Å²) >= 11 is 5.82. The summed E-state index contributed by atoms with van der Waals surface area (Å²) in [4.78, 5) is 11.9. The molecule has 1 fully saturated rings. The van der Waals surface area contributed by atoms with Gasteiger partial charge in [-0.2, -0.15) is 13.2 Å². The predicted octanol–water partition coefficient (Wildman–Crippen LogP) is 5.47. The molecule has 7 nitrogen and oxygen atoms in total. The third-order valence-corrected chi connectivity index (χ3v) is 6.57. The Bertz CT molecular complexity index is 1290. The van der Waals surface area contributed by atoms with Crippen molar-refractivity contribution in [2.24, 2.45) is 5.16 Å². The Hall–Kier alpha value is -3.40. The molecule has 2 aliphatic heterocycles. The second kappa shape index (κ2) is 9.57. The molecule has 2 aliphatic rings. The quantitative estimate of drug-likeness (QED) is 0.447. The molecule has 3 heterocycles. The Morgan fingerprint density at radius 1 is 1.14 bits per heavy atom. The highest BCUT2D eigenvalue weighted by Gasteiger charge is 2.41. The number of ether oxygens (including phenoxy) is 2. The van der Waals surface area contributed by atoms with Crippen molar-refractivity contribution in [1.29, 1.82) is 0 Å². The molecule has 0 aliphatic carbocycles. The van der Waals surface area contributed by atoms with Crippen molar-refractivity contribution in [1.82, 2.24) is 14.5 Å². The van der Waals surface area contributed by atoms with E-state index in [9.17, 15) is 13.2 Å². The maximum Gasteiger partial charge on any atom is 0.420 e. The molecule has 3 aromatic rings. The fraction of sp³-hybridized carbons (Fsp3) is 0.360.